The second-order valence-corrected chi connectivity index (χ2v) is 2.42. The Hall–Kier alpha value is -0.530. The number of halogens is 1. The van der Waals surface area contributed by atoms with Gasteiger partial charge in [-0.05, 0) is 31.2 Å². The van der Waals surface area contributed by atoms with Crippen molar-refractivity contribution in [3.8, 4) is 0 Å². The van der Waals surface area contributed by atoms with Gasteiger partial charge >= 0.3 is 0 Å². The summed E-state index contributed by atoms with van der Waals surface area (Å²) in [5.74, 6) is 0. The minimum absolute atomic E-state index is 0.812. The van der Waals surface area contributed by atoms with E-state index in [2.05, 4.69) is 12.7 Å². The summed E-state index contributed by atoms with van der Waals surface area (Å²) in [6.07, 6.45) is 1.08. The molecule has 0 atom stereocenters. The zero-order valence-corrected chi connectivity index (χ0v) is 7.73. The zero-order chi connectivity index (χ0) is 8.69. The normalized spacial score (nSPS) is 8.36. The van der Waals surface area contributed by atoms with Crippen molar-refractivity contribution in [2.75, 3.05) is 7.05 Å². The van der Waals surface area contributed by atoms with Gasteiger partial charge in [0.05, 0.1) is 0 Å². The van der Waals surface area contributed by atoms with Crippen LogP contribution in [0.1, 0.15) is 12.5 Å². The summed E-state index contributed by atoms with van der Waals surface area (Å²) in [5.41, 5.74) is 5.83. The highest BCUT2D eigenvalue weighted by Crippen LogP contribution is 2.09. The molecule has 2 N–H and O–H groups in total. The fourth-order valence-electron chi connectivity index (χ4n) is 0.720. The van der Waals surface area contributed by atoms with Crippen LogP contribution in [-0.4, -0.2) is 7.05 Å². The van der Waals surface area contributed by atoms with Gasteiger partial charge in [0.15, 0.2) is 0 Å². The lowest BCUT2D eigenvalue weighted by molar-refractivity contribution is 1.14. The van der Waals surface area contributed by atoms with Gasteiger partial charge in [-0.2, -0.15) is 0 Å². The highest BCUT2D eigenvalue weighted by atomic mass is 35.5. The molecule has 2 heteroatoms. The molecule has 0 radical (unpaired) electrons. The van der Waals surface area contributed by atoms with Crippen molar-refractivity contribution < 1.29 is 0 Å². The van der Waals surface area contributed by atoms with Gasteiger partial charge in [0.2, 0.25) is 0 Å². The minimum atomic E-state index is 0.812. The van der Waals surface area contributed by atoms with Gasteiger partial charge in [-0.3, -0.25) is 0 Å². The Morgan fingerprint density at radius 3 is 2.00 bits per heavy atom. The van der Waals surface area contributed by atoms with E-state index in [-0.39, 0.29) is 0 Å². The number of aryl methyl sites for hydroxylation is 1. The molecule has 62 valence electrons. The quantitative estimate of drug-likeness (QED) is 0.691. The molecule has 0 unspecified atom stereocenters. The topological polar surface area (TPSA) is 26.0 Å². The van der Waals surface area contributed by atoms with Crippen molar-refractivity contribution in [1.82, 2.24) is 0 Å². The summed E-state index contributed by atoms with van der Waals surface area (Å²) in [6, 6.07) is 7.92. The highest BCUT2D eigenvalue weighted by Gasteiger charge is 1.86. The van der Waals surface area contributed by atoms with Gasteiger partial charge in [0, 0.05) is 5.02 Å². The predicted molar refractivity (Wildman–Crippen MR) is 50.9 cm³/mol. The first-order valence-corrected chi connectivity index (χ1v) is 4.03. The molecule has 0 aliphatic rings. The van der Waals surface area contributed by atoms with Crippen molar-refractivity contribution in [2.24, 2.45) is 5.73 Å². The fourth-order valence-corrected chi connectivity index (χ4v) is 0.846. The van der Waals surface area contributed by atoms with E-state index in [0.717, 1.165) is 11.4 Å². The third kappa shape index (κ3) is 4.02. The summed E-state index contributed by atoms with van der Waals surface area (Å²) in [6.45, 7) is 2.13. The third-order valence-corrected chi connectivity index (χ3v) is 1.57. The number of nitrogens with two attached hydrogens (primary N) is 1. The molecule has 0 heterocycles. The number of rotatable bonds is 1. The minimum Gasteiger partial charge on any atom is -0.333 e. The summed E-state index contributed by atoms with van der Waals surface area (Å²) < 4.78 is 0. The average molecular weight is 172 g/mol. The van der Waals surface area contributed by atoms with Crippen LogP contribution < -0.4 is 5.73 Å². The van der Waals surface area contributed by atoms with E-state index >= 15 is 0 Å². The Balaban J connectivity index is 0.000000461. The molecule has 0 fully saturated rings. The van der Waals surface area contributed by atoms with Crippen molar-refractivity contribution in [1.29, 1.82) is 0 Å². The van der Waals surface area contributed by atoms with E-state index in [4.69, 9.17) is 11.6 Å². The molecule has 0 bridgehead atoms. The van der Waals surface area contributed by atoms with E-state index in [1.54, 1.807) is 0 Å². The van der Waals surface area contributed by atoms with E-state index in [0.29, 0.717) is 0 Å². The van der Waals surface area contributed by atoms with Crippen LogP contribution in [0.3, 0.4) is 0 Å². The molecule has 0 spiro atoms. The standard InChI is InChI=1S/C8H9Cl.CH5N/c1-2-7-3-5-8(9)6-4-7;1-2/h3-6H,2H2,1H3;2H2,1H3. The molecular weight excluding hydrogens is 158 g/mol. The van der Waals surface area contributed by atoms with Crippen LogP contribution in [0.2, 0.25) is 5.02 Å². The van der Waals surface area contributed by atoms with Crippen LogP contribution in [0.25, 0.3) is 0 Å². The van der Waals surface area contributed by atoms with Crippen molar-refractivity contribution in [3.05, 3.63) is 34.9 Å². The summed E-state index contributed by atoms with van der Waals surface area (Å²) >= 11 is 5.67. The van der Waals surface area contributed by atoms with Crippen molar-refractivity contribution in [3.63, 3.8) is 0 Å². The lowest BCUT2D eigenvalue weighted by Crippen LogP contribution is -1.75. The van der Waals surface area contributed by atoms with E-state index < -0.39 is 0 Å². The predicted octanol–water partition coefficient (Wildman–Crippen LogP) is 2.48. The van der Waals surface area contributed by atoms with Crippen LogP contribution in [0.15, 0.2) is 24.3 Å². The number of hydrogen-bond acceptors (Lipinski definition) is 1. The smallest absolute Gasteiger partial charge is 0.0406 e. The van der Waals surface area contributed by atoms with E-state index in [1.165, 1.54) is 12.6 Å². The second-order valence-electron chi connectivity index (χ2n) is 1.98. The van der Waals surface area contributed by atoms with Crippen LogP contribution in [0.5, 0.6) is 0 Å². The van der Waals surface area contributed by atoms with Crippen LogP contribution in [0.4, 0.5) is 0 Å². The van der Waals surface area contributed by atoms with Gasteiger partial charge < -0.3 is 5.73 Å². The molecule has 1 rings (SSSR count). The number of benzene rings is 1. The lowest BCUT2D eigenvalue weighted by atomic mass is 10.2. The molecule has 1 aromatic carbocycles. The Kier molecular flexibility index (Phi) is 5.90. The molecule has 0 saturated carbocycles. The molecule has 0 aromatic heterocycles. The summed E-state index contributed by atoms with van der Waals surface area (Å²) in [5, 5.41) is 0.812. The van der Waals surface area contributed by atoms with Crippen molar-refractivity contribution in [2.45, 2.75) is 13.3 Å². The Labute approximate surface area is 73.2 Å². The van der Waals surface area contributed by atoms with Gasteiger partial charge in [-0.15, -0.1) is 0 Å². The summed E-state index contributed by atoms with van der Waals surface area (Å²) in [7, 11) is 1.50. The molecular formula is C9H14ClN. The average Bonchev–Trinajstić information content (AvgIpc) is 2.10. The maximum Gasteiger partial charge on any atom is 0.0406 e. The summed E-state index contributed by atoms with van der Waals surface area (Å²) in [4.78, 5) is 0. The Morgan fingerprint density at radius 2 is 1.64 bits per heavy atom. The SMILES string of the molecule is CCc1ccc(Cl)cc1.CN. The molecule has 1 nitrogen and oxygen atoms in total. The van der Waals surface area contributed by atoms with E-state index in [1.807, 2.05) is 24.3 Å². The largest absolute Gasteiger partial charge is 0.333 e. The molecule has 0 amide bonds. The zero-order valence-electron chi connectivity index (χ0n) is 6.97. The monoisotopic (exact) mass is 171 g/mol. The first kappa shape index (κ1) is 10.5. The van der Waals surface area contributed by atoms with E-state index in [9.17, 15) is 0 Å². The maximum atomic E-state index is 5.67. The first-order chi connectivity index (χ1) is 5.33. The fraction of sp³-hybridized carbons (Fsp3) is 0.333. The molecule has 11 heavy (non-hydrogen) atoms. The first-order valence-electron chi connectivity index (χ1n) is 3.65. The molecule has 0 saturated heterocycles. The van der Waals surface area contributed by atoms with Gasteiger partial charge in [-0.1, -0.05) is 30.7 Å². The molecule has 0 aliphatic carbocycles. The van der Waals surface area contributed by atoms with Gasteiger partial charge in [0.1, 0.15) is 0 Å². The Morgan fingerprint density at radius 1 is 1.18 bits per heavy atom. The van der Waals surface area contributed by atoms with Crippen LogP contribution in [0, 0.1) is 0 Å². The second kappa shape index (κ2) is 6.20. The maximum absolute atomic E-state index is 5.67. The van der Waals surface area contributed by atoms with Crippen molar-refractivity contribution >= 4 is 11.6 Å². The lowest BCUT2D eigenvalue weighted by Gasteiger charge is -1.93. The molecule has 0 aliphatic heterocycles. The van der Waals surface area contributed by atoms with Gasteiger partial charge in [0.25, 0.3) is 0 Å². The number of hydrogen-bond donors (Lipinski definition) is 1. The molecule has 1 aromatic rings. The van der Waals surface area contributed by atoms with Crippen LogP contribution in [-0.2, 0) is 6.42 Å². The van der Waals surface area contributed by atoms with Gasteiger partial charge in [-0.25, -0.2) is 0 Å². The third-order valence-electron chi connectivity index (χ3n) is 1.32. The Bertz CT molecular complexity index is 181. The van der Waals surface area contributed by atoms with Crippen LogP contribution >= 0.6 is 11.6 Å². The highest BCUT2D eigenvalue weighted by molar-refractivity contribution is 6.30.